The van der Waals surface area contributed by atoms with Crippen LogP contribution < -0.4 is 10.1 Å². The Bertz CT molecular complexity index is 473. The van der Waals surface area contributed by atoms with Crippen LogP contribution in [0, 0.1) is 5.92 Å². The molecule has 0 heterocycles. The van der Waals surface area contributed by atoms with E-state index < -0.39 is 11.7 Å². The highest BCUT2D eigenvalue weighted by Gasteiger charge is 2.30. The lowest BCUT2D eigenvalue weighted by atomic mass is 9.94. The van der Waals surface area contributed by atoms with Gasteiger partial charge >= 0.3 is 6.18 Å². The Morgan fingerprint density at radius 2 is 1.52 bits per heavy atom. The standard InChI is InChI=1S/C20H32F3NO.C2H6/c1-5-7-15(3)19(13-8-16(4)24-14-6-2)25-18-11-9-17(10-12-18)20(21,22)23;1-2/h9-12,15-16,19,24H,5-8,13-14H2,1-4H3;1-2H3. The Labute approximate surface area is 163 Å². The first kappa shape index (κ1) is 25.8. The molecule has 158 valence electrons. The lowest BCUT2D eigenvalue weighted by Gasteiger charge is -2.26. The second-order valence-corrected chi connectivity index (χ2v) is 6.88. The second-order valence-electron chi connectivity index (χ2n) is 6.88. The van der Waals surface area contributed by atoms with Crippen molar-refractivity contribution in [2.75, 3.05) is 6.54 Å². The van der Waals surface area contributed by atoms with Gasteiger partial charge in [-0.2, -0.15) is 13.2 Å². The zero-order valence-corrected chi connectivity index (χ0v) is 17.8. The van der Waals surface area contributed by atoms with Crippen molar-refractivity contribution in [1.82, 2.24) is 5.32 Å². The zero-order valence-electron chi connectivity index (χ0n) is 17.8. The van der Waals surface area contributed by atoms with Crippen LogP contribution in [0.1, 0.15) is 79.2 Å². The van der Waals surface area contributed by atoms with Gasteiger partial charge in [0.15, 0.2) is 0 Å². The van der Waals surface area contributed by atoms with Crippen molar-refractivity contribution in [3.05, 3.63) is 29.8 Å². The quantitative estimate of drug-likeness (QED) is 0.436. The van der Waals surface area contributed by atoms with Gasteiger partial charge in [0.2, 0.25) is 0 Å². The zero-order chi connectivity index (χ0) is 20.9. The topological polar surface area (TPSA) is 21.3 Å². The average Bonchev–Trinajstić information content (AvgIpc) is 2.64. The summed E-state index contributed by atoms with van der Waals surface area (Å²) >= 11 is 0. The molecule has 5 heteroatoms. The maximum absolute atomic E-state index is 12.7. The lowest BCUT2D eigenvalue weighted by Crippen LogP contribution is -2.31. The number of benzene rings is 1. The molecule has 3 atom stereocenters. The van der Waals surface area contributed by atoms with E-state index in [0.29, 0.717) is 17.7 Å². The molecule has 0 aliphatic rings. The number of alkyl halides is 3. The van der Waals surface area contributed by atoms with E-state index in [1.807, 2.05) is 13.8 Å². The van der Waals surface area contributed by atoms with Crippen LogP contribution in [-0.2, 0) is 6.18 Å². The van der Waals surface area contributed by atoms with Gasteiger partial charge in [-0.05, 0) is 69.3 Å². The fraction of sp³-hybridized carbons (Fsp3) is 0.727. The monoisotopic (exact) mass is 389 g/mol. The van der Waals surface area contributed by atoms with Crippen LogP contribution in [-0.4, -0.2) is 18.7 Å². The van der Waals surface area contributed by atoms with Crippen molar-refractivity contribution >= 4 is 0 Å². The number of nitrogens with one attached hydrogen (secondary N) is 1. The molecule has 1 N–H and O–H groups in total. The van der Waals surface area contributed by atoms with Crippen LogP contribution in [0.4, 0.5) is 13.2 Å². The summed E-state index contributed by atoms with van der Waals surface area (Å²) < 4.78 is 44.1. The predicted molar refractivity (Wildman–Crippen MR) is 108 cm³/mol. The third kappa shape index (κ3) is 10.6. The summed E-state index contributed by atoms with van der Waals surface area (Å²) in [7, 11) is 0. The average molecular weight is 390 g/mol. The molecule has 0 fully saturated rings. The van der Waals surface area contributed by atoms with Gasteiger partial charge in [0.05, 0.1) is 5.56 Å². The Hall–Kier alpha value is -1.23. The van der Waals surface area contributed by atoms with Crippen molar-refractivity contribution in [3.8, 4) is 5.75 Å². The summed E-state index contributed by atoms with van der Waals surface area (Å²) in [5, 5.41) is 3.47. The molecule has 0 spiro atoms. The van der Waals surface area contributed by atoms with E-state index in [4.69, 9.17) is 4.74 Å². The predicted octanol–water partition coefficient (Wildman–Crippen LogP) is 7.08. The molecule has 0 radical (unpaired) electrons. The fourth-order valence-corrected chi connectivity index (χ4v) is 2.91. The normalized spacial score (nSPS) is 14.7. The first-order valence-corrected chi connectivity index (χ1v) is 10.3. The highest BCUT2D eigenvalue weighted by molar-refractivity contribution is 5.29. The minimum Gasteiger partial charge on any atom is -0.490 e. The van der Waals surface area contributed by atoms with E-state index in [9.17, 15) is 13.2 Å². The number of rotatable bonds is 11. The molecule has 3 unspecified atom stereocenters. The molecule has 0 saturated carbocycles. The molecular weight excluding hydrogens is 351 g/mol. The van der Waals surface area contributed by atoms with Gasteiger partial charge < -0.3 is 10.1 Å². The third-order valence-corrected chi connectivity index (χ3v) is 4.47. The van der Waals surface area contributed by atoms with Crippen molar-refractivity contribution < 1.29 is 17.9 Å². The fourth-order valence-electron chi connectivity index (χ4n) is 2.91. The number of hydrogen-bond acceptors (Lipinski definition) is 2. The molecule has 2 nitrogen and oxygen atoms in total. The highest BCUT2D eigenvalue weighted by atomic mass is 19.4. The minimum atomic E-state index is -4.31. The lowest BCUT2D eigenvalue weighted by molar-refractivity contribution is -0.137. The SMILES string of the molecule is CC.CCCNC(C)CCC(Oc1ccc(C(F)(F)F)cc1)C(C)CCC. The Balaban J connectivity index is 0.00000326. The molecule has 0 aliphatic heterocycles. The summed E-state index contributed by atoms with van der Waals surface area (Å²) in [6.45, 7) is 13.6. The van der Waals surface area contributed by atoms with Crippen molar-refractivity contribution in [2.45, 2.75) is 92.0 Å². The molecule has 1 rings (SSSR count). The Morgan fingerprint density at radius 3 is 2.00 bits per heavy atom. The minimum absolute atomic E-state index is 0.0163. The van der Waals surface area contributed by atoms with Crippen molar-refractivity contribution in [2.24, 2.45) is 5.92 Å². The van der Waals surface area contributed by atoms with Crippen molar-refractivity contribution in [3.63, 3.8) is 0 Å². The van der Waals surface area contributed by atoms with E-state index in [1.165, 1.54) is 12.1 Å². The molecule has 0 aromatic heterocycles. The molecule has 0 aliphatic carbocycles. The van der Waals surface area contributed by atoms with Crippen LogP contribution in [0.15, 0.2) is 24.3 Å². The molecule has 0 amide bonds. The van der Waals surface area contributed by atoms with Gasteiger partial charge in [0.1, 0.15) is 11.9 Å². The molecule has 27 heavy (non-hydrogen) atoms. The van der Waals surface area contributed by atoms with Gasteiger partial charge in [0, 0.05) is 6.04 Å². The summed E-state index contributed by atoms with van der Waals surface area (Å²) in [4.78, 5) is 0. The van der Waals surface area contributed by atoms with Crippen molar-refractivity contribution in [1.29, 1.82) is 0 Å². The number of hydrogen-bond donors (Lipinski definition) is 1. The summed E-state index contributed by atoms with van der Waals surface area (Å²) in [5.41, 5.74) is -0.643. The number of ether oxygens (including phenoxy) is 1. The van der Waals surface area contributed by atoms with E-state index in [2.05, 4.69) is 33.0 Å². The molecule has 1 aromatic carbocycles. The first-order chi connectivity index (χ1) is 12.8. The van der Waals surface area contributed by atoms with Gasteiger partial charge in [-0.25, -0.2) is 0 Å². The van der Waals surface area contributed by atoms with Crippen LogP contribution >= 0.6 is 0 Å². The van der Waals surface area contributed by atoms with Crippen LogP contribution in [0.5, 0.6) is 5.75 Å². The Kier molecular flexibility index (Phi) is 13.2. The van der Waals surface area contributed by atoms with E-state index in [1.54, 1.807) is 0 Å². The number of halogens is 3. The van der Waals surface area contributed by atoms with Crippen LogP contribution in [0.25, 0.3) is 0 Å². The van der Waals surface area contributed by atoms with Gasteiger partial charge in [-0.1, -0.05) is 41.0 Å². The van der Waals surface area contributed by atoms with E-state index in [0.717, 1.165) is 50.8 Å². The smallest absolute Gasteiger partial charge is 0.416 e. The maximum atomic E-state index is 12.7. The van der Waals surface area contributed by atoms with Gasteiger partial charge in [-0.3, -0.25) is 0 Å². The second kappa shape index (κ2) is 13.9. The van der Waals surface area contributed by atoms with Crippen LogP contribution in [0.3, 0.4) is 0 Å². The van der Waals surface area contributed by atoms with Crippen LogP contribution in [0.2, 0.25) is 0 Å². The largest absolute Gasteiger partial charge is 0.490 e. The van der Waals surface area contributed by atoms with Gasteiger partial charge in [0.25, 0.3) is 0 Å². The third-order valence-electron chi connectivity index (χ3n) is 4.47. The molecule has 0 bridgehead atoms. The maximum Gasteiger partial charge on any atom is 0.416 e. The summed E-state index contributed by atoms with van der Waals surface area (Å²) in [6.07, 6.45) is 0.789. The van der Waals surface area contributed by atoms with Gasteiger partial charge in [-0.15, -0.1) is 0 Å². The van der Waals surface area contributed by atoms with E-state index in [-0.39, 0.29) is 6.10 Å². The molecule has 1 aromatic rings. The van der Waals surface area contributed by atoms with E-state index >= 15 is 0 Å². The highest BCUT2D eigenvalue weighted by Crippen LogP contribution is 2.31. The summed E-state index contributed by atoms with van der Waals surface area (Å²) in [5.74, 6) is 0.876. The summed E-state index contributed by atoms with van der Waals surface area (Å²) in [6, 6.07) is 5.43. The molecular formula is C22H38F3NO. The Morgan fingerprint density at radius 1 is 0.926 bits per heavy atom. The first-order valence-electron chi connectivity index (χ1n) is 10.3. The molecule has 0 saturated heterocycles.